The van der Waals surface area contributed by atoms with Crippen LogP contribution in [0.15, 0.2) is 0 Å². The van der Waals surface area contributed by atoms with Crippen molar-refractivity contribution in [3.63, 3.8) is 0 Å². The lowest BCUT2D eigenvalue weighted by Gasteiger charge is -2.24. The van der Waals surface area contributed by atoms with E-state index < -0.39 is 24.9 Å². The minimum atomic E-state index is -5.30. The molecule has 0 aliphatic rings. The largest absolute Gasteiger partial charge is 0.402 e. The minimum Gasteiger partial charge on any atom is -0.323 e. The van der Waals surface area contributed by atoms with E-state index in [2.05, 4.69) is 4.74 Å². The molecule has 0 radical (unpaired) electrons. The number of ether oxygens (including phenoxy) is 1. The number of alkyl halides is 6. The molecule has 0 aliphatic carbocycles. The molecule has 0 aromatic carbocycles. The number of halogens is 6. The Bertz CT molecular complexity index is 141. The van der Waals surface area contributed by atoms with Gasteiger partial charge in [-0.2, -0.15) is 22.0 Å². The molecule has 0 aromatic heterocycles. The standard InChI is InChI=1S/C5H6F6O/c1-12-5(10,11)3(2-6)4(7,8)9/h3H,2H2,1H3. The van der Waals surface area contributed by atoms with Gasteiger partial charge in [0.25, 0.3) is 0 Å². The Labute approximate surface area is 64.3 Å². The fourth-order valence-electron chi connectivity index (χ4n) is 0.510. The van der Waals surface area contributed by atoms with Gasteiger partial charge in [-0.15, -0.1) is 0 Å². The summed E-state index contributed by atoms with van der Waals surface area (Å²) in [4.78, 5) is 0. The van der Waals surface area contributed by atoms with E-state index in [1.807, 2.05) is 0 Å². The van der Waals surface area contributed by atoms with Gasteiger partial charge in [-0.1, -0.05) is 0 Å². The normalized spacial score (nSPS) is 16.2. The van der Waals surface area contributed by atoms with Crippen LogP contribution in [0.3, 0.4) is 0 Å². The number of hydrogen-bond donors (Lipinski definition) is 0. The van der Waals surface area contributed by atoms with Crippen molar-refractivity contribution in [3.05, 3.63) is 0 Å². The van der Waals surface area contributed by atoms with E-state index in [4.69, 9.17) is 0 Å². The molecule has 0 N–H and O–H groups in total. The Hall–Kier alpha value is -0.460. The smallest absolute Gasteiger partial charge is 0.323 e. The molecule has 0 aliphatic heterocycles. The summed E-state index contributed by atoms with van der Waals surface area (Å²) in [5.41, 5.74) is 0. The highest BCUT2D eigenvalue weighted by Crippen LogP contribution is 2.38. The van der Waals surface area contributed by atoms with E-state index in [0.29, 0.717) is 7.11 Å². The van der Waals surface area contributed by atoms with Gasteiger partial charge in [-0.25, -0.2) is 0 Å². The fraction of sp³-hybridized carbons (Fsp3) is 1.00. The first-order valence-corrected chi connectivity index (χ1v) is 2.81. The Kier molecular flexibility index (Phi) is 3.37. The number of rotatable bonds is 3. The summed E-state index contributed by atoms with van der Waals surface area (Å²) < 4.78 is 73.9. The van der Waals surface area contributed by atoms with Crippen LogP contribution in [-0.2, 0) is 4.74 Å². The summed E-state index contributed by atoms with van der Waals surface area (Å²) in [6.07, 6.45) is -9.80. The van der Waals surface area contributed by atoms with Crippen LogP contribution in [0, 0.1) is 5.92 Å². The third kappa shape index (κ3) is 2.54. The second kappa shape index (κ2) is 3.51. The van der Waals surface area contributed by atoms with E-state index in [1.54, 1.807) is 0 Å². The van der Waals surface area contributed by atoms with Gasteiger partial charge in [-0.05, 0) is 0 Å². The molecule has 0 saturated carbocycles. The second-order valence-electron chi connectivity index (χ2n) is 2.01. The first-order valence-electron chi connectivity index (χ1n) is 2.81. The Morgan fingerprint density at radius 3 is 1.67 bits per heavy atom. The maximum absolute atomic E-state index is 12.1. The van der Waals surface area contributed by atoms with Crippen molar-refractivity contribution in [2.24, 2.45) is 5.92 Å². The van der Waals surface area contributed by atoms with Crippen molar-refractivity contribution in [3.8, 4) is 0 Å². The van der Waals surface area contributed by atoms with Gasteiger partial charge in [0.2, 0.25) is 0 Å². The highest BCUT2D eigenvalue weighted by atomic mass is 19.4. The van der Waals surface area contributed by atoms with Crippen LogP contribution < -0.4 is 0 Å². The molecule has 1 atom stereocenters. The summed E-state index contributed by atoms with van der Waals surface area (Å²) in [7, 11) is 0.383. The number of methoxy groups -OCH3 is 1. The topological polar surface area (TPSA) is 9.23 Å². The Balaban J connectivity index is 4.56. The van der Waals surface area contributed by atoms with Gasteiger partial charge in [0.1, 0.15) is 6.67 Å². The highest BCUT2D eigenvalue weighted by Gasteiger charge is 2.56. The van der Waals surface area contributed by atoms with E-state index in [-0.39, 0.29) is 0 Å². The Morgan fingerprint density at radius 1 is 1.17 bits per heavy atom. The zero-order chi connectivity index (χ0) is 9.99. The summed E-state index contributed by atoms with van der Waals surface area (Å²) >= 11 is 0. The predicted molar refractivity (Wildman–Crippen MR) is 27.5 cm³/mol. The summed E-state index contributed by atoms with van der Waals surface area (Å²) in [6, 6.07) is 0. The van der Waals surface area contributed by atoms with Gasteiger partial charge < -0.3 is 4.74 Å². The molecular formula is C5H6F6O. The average Bonchev–Trinajstić information content (AvgIpc) is 1.85. The highest BCUT2D eigenvalue weighted by molar-refractivity contribution is 4.74. The van der Waals surface area contributed by atoms with Crippen LogP contribution in [0.25, 0.3) is 0 Å². The summed E-state index contributed by atoms with van der Waals surface area (Å²) in [6.45, 7) is -2.20. The van der Waals surface area contributed by atoms with E-state index in [1.165, 1.54) is 0 Å². The van der Waals surface area contributed by atoms with Crippen molar-refractivity contribution in [2.45, 2.75) is 12.3 Å². The van der Waals surface area contributed by atoms with Gasteiger partial charge in [-0.3, -0.25) is 4.39 Å². The molecule has 1 unspecified atom stereocenters. The molecule has 0 spiro atoms. The third-order valence-corrected chi connectivity index (χ3v) is 1.23. The van der Waals surface area contributed by atoms with Crippen molar-refractivity contribution in [2.75, 3.05) is 13.8 Å². The Morgan fingerprint density at radius 2 is 1.58 bits per heavy atom. The lowest BCUT2D eigenvalue weighted by Crippen LogP contribution is -2.42. The van der Waals surface area contributed by atoms with E-state index in [0.717, 1.165) is 0 Å². The van der Waals surface area contributed by atoms with Crippen LogP contribution in [0.2, 0.25) is 0 Å². The van der Waals surface area contributed by atoms with Crippen LogP contribution in [0.1, 0.15) is 0 Å². The van der Waals surface area contributed by atoms with Gasteiger partial charge in [0, 0.05) is 7.11 Å². The summed E-state index contributed by atoms with van der Waals surface area (Å²) in [5, 5.41) is 0. The van der Waals surface area contributed by atoms with Gasteiger partial charge >= 0.3 is 12.3 Å². The molecule has 0 saturated heterocycles. The maximum Gasteiger partial charge on any atom is 0.402 e. The zero-order valence-electron chi connectivity index (χ0n) is 5.96. The lowest BCUT2D eigenvalue weighted by atomic mass is 10.1. The maximum atomic E-state index is 12.1. The molecule has 7 heteroatoms. The average molecular weight is 196 g/mol. The predicted octanol–water partition coefficient (Wildman–Crippen LogP) is 2.37. The summed E-state index contributed by atoms with van der Waals surface area (Å²) in [5.74, 6) is -3.39. The van der Waals surface area contributed by atoms with Crippen LogP contribution in [0.4, 0.5) is 26.3 Å². The molecule has 74 valence electrons. The van der Waals surface area contributed by atoms with Crippen molar-refractivity contribution >= 4 is 0 Å². The molecule has 12 heavy (non-hydrogen) atoms. The third-order valence-electron chi connectivity index (χ3n) is 1.23. The van der Waals surface area contributed by atoms with Crippen molar-refractivity contribution in [1.29, 1.82) is 0 Å². The van der Waals surface area contributed by atoms with Crippen molar-refractivity contribution < 1.29 is 31.1 Å². The molecule has 0 fully saturated rings. The van der Waals surface area contributed by atoms with Crippen molar-refractivity contribution in [1.82, 2.24) is 0 Å². The molecule has 1 nitrogen and oxygen atoms in total. The molecule has 0 rings (SSSR count). The first kappa shape index (κ1) is 11.5. The van der Waals surface area contributed by atoms with Gasteiger partial charge in [0.15, 0.2) is 5.92 Å². The van der Waals surface area contributed by atoms with Crippen LogP contribution >= 0.6 is 0 Å². The molecular weight excluding hydrogens is 190 g/mol. The fourth-order valence-corrected chi connectivity index (χ4v) is 0.510. The lowest BCUT2D eigenvalue weighted by molar-refractivity contribution is -0.329. The molecule has 0 bridgehead atoms. The van der Waals surface area contributed by atoms with Gasteiger partial charge in [0.05, 0.1) is 0 Å². The quantitative estimate of drug-likeness (QED) is 0.629. The SMILES string of the molecule is COC(F)(F)C(CF)C(F)(F)F. The van der Waals surface area contributed by atoms with Crippen LogP contribution in [-0.4, -0.2) is 26.1 Å². The van der Waals surface area contributed by atoms with E-state index >= 15 is 0 Å². The molecule has 0 heterocycles. The second-order valence-corrected chi connectivity index (χ2v) is 2.01. The molecule has 0 aromatic rings. The minimum absolute atomic E-state index is 0.383. The van der Waals surface area contributed by atoms with Crippen LogP contribution in [0.5, 0.6) is 0 Å². The van der Waals surface area contributed by atoms with E-state index in [9.17, 15) is 26.3 Å². The monoisotopic (exact) mass is 196 g/mol. The zero-order valence-corrected chi connectivity index (χ0v) is 5.96. The first-order chi connectivity index (χ1) is 5.25. The number of hydrogen-bond acceptors (Lipinski definition) is 1. The molecule has 0 amide bonds.